The Kier molecular flexibility index (Phi) is 2.17. The summed E-state index contributed by atoms with van der Waals surface area (Å²) in [5.41, 5.74) is 2.55. The molecule has 0 fully saturated rings. The average Bonchev–Trinajstić information content (AvgIpc) is 2.16. The van der Waals surface area contributed by atoms with Gasteiger partial charge in [-0.15, -0.1) is 0 Å². The molecule has 0 atom stereocenters. The van der Waals surface area contributed by atoms with Crippen molar-refractivity contribution >= 4 is 5.97 Å². The second-order valence-corrected chi connectivity index (χ2v) is 2.84. The Bertz CT molecular complexity index is 315. The number of carbonyl (C=O) groups is 1. The van der Waals surface area contributed by atoms with Crippen molar-refractivity contribution < 1.29 is 9.90 Å². The minimum absolute atomic E-state index is 0.0610. The van der Waals surface area contributed by atoms with Crippen LogP contribution in [0.25, 0.3) is 0 Å². The number of hydrogen-bond donors (Lipinski definition) is 1. The molecule has 0 aliphatic carbocycles. The van der Waals surface area contributed by atoms with Crippen LogP contribution in [0.4, 0.5) is 0 Å². The maximum absolute atomic E-state index is 10.4. The normalized spacial score (nSPS) is 10.2. The summed E-state index contributed by atoms with van der Waals surface area (Å²) in [4.78, 5) is 10.4. The molecule has 1 heterocycles. The molecule has 1 rings (SSSR count). The van der Waals surface area contributed by atoms with Gasteiger partial charge in [0.1, 0.15) is 0 Å². The molecule has 4 heteroatoms. The molecular weight excluding hydrogens is 156 g/mol. The second kappa shape index (κ2) is 2.97. The van der Waals surface area contributed by atoms with Crippen LogP contribution in [0.3, 0.4) is 0 Å². The molecule has 0 bridgehead atoms. The summed E-state index contributed by atoms with van der Waals surface area (Å²) in [5.74, 6) is -0.811. The molecule has 0 aliphatic heterocycles. The number of rotatable bonds is 2. The van der Waals surface area contributed by atoms with E-state index in [1.807, 2.05) is 20.9 Å². The van der Waals surface area contributed by atoms with Crippen LogP contribution in [0, 0.1) is 13.8 Å². The summed E-state index contributed by atoms with van der Waals surface area (Å²) in [6, 6.07) is 0. The second-order valence-electron chi connectivity index (χ2n) is 2.84. The van der Waals surface area contributed by atoms with E-state index >= 15 is 0 Å². The van der Waals surface area contributed by atoms with E-state index in [0.717, 1.165) is 17.0 Å². The number of aryl methyl sites for hydroxylation is 2. The van der Waals surface area contributed by atoms with Gasteiger partial charge in [-0.05, 0) is 13.8 Å². The fourth-order valence-corrected chi connectivity index (χ4v) is 1.22. The van der Waals surface area contributed by atoms with E-state index in [4.69, 9.17) is 5.11 Å². The van der Waals surface area contributed by atoms with Gasteiger partial charge in [0, 0.05) is 18.3 Å². The Labute approximate surface area is 70.8 Å². The SMILES string of the molecule is Cc1nn(C)c(C)c1CC(=O)O. The van der Waals surface area contributed by atoms with Gasteiger partial charge in [-0.1, -0.05) is 0 Å². The van der Waals surface area contributed by atoms with Gasteiger partial charge in [0.05, 0.1) is 12.1 Å². The van der Waals surface area contributed by atoms with Crippen molar-refractivity contribution in [1.82, 2.24) is 9.78 Å². The summed E-state index contributed by atoms with van der Waals surface area (Å²) in [6.07, 6.45) is 0.0610. The van der Waals surface area contributed by atoms with Crippen LogP contribution in [-0.2, 0) is 18.3 Å². The summed E-state index contributed by atoms with van der Waals surface area (Å²) in [7, 11) is 1.81. The van der Waals surface area contributed by atoms with Crippen molar-refractivity contribution in [3.63, 3.8) is 0 Å². The molecule has 4 nitrogen and oxygen atoms in total. The summed E-state index contributed by atoms with van der Waals surface area (Å²) in [6.45, 7) is 3.70. The highest BCUT2D eigenvalue weighted by Gasteiger charge is 2.11. The topological polar surface area (TPSA) is 55.1 Å². The summed E-state index contributed by atoms with van der Waals surface area (Å²) < 4.78 is 1.70. The predicted octanol–water partition coefficient (Wildman–Crippen LogP) is 0.664. The van der Waals surface area contributed by atoms with Gasteiger partial charge in [-0.2, -0.15) is 5.10 Å². The number of nitrogens with zero attached hydrogens (tertiary/aromatic N) is 2. The Morgan fingerprint density at radius 3 is 2.50 bits per heavy atom. The molecule has 0 radical (unpaired) electrons. The fourth-order valence-electron chi connectivity index (χ4n) is 1.22. The molecule has 0 unspecified atom stereocenters. The molecule has 1 aromatic heterocycles. The zero-order valence-electron chi connectivity index (χ0n) is 7.46. The Morgan fingerprint density at radius 2 is 2.17 bits per heavy atom. The first-order valence-electron chi connectivity index (χ1n) is 3.73. The Morgan fingerprint density at radius 1 is 1.58 bits per heavy atom. The van der Waals surface area contributed by atoms with Gasteiger partial charge < -0.3 is 5.11 Å². The molecule has 0 spiro atoms. The van der Waals surface area contributed by atoms with Crippen molar-refractivity contribution in [2.75, 3.05) is 0 Å². The van der Waals surface area contributed by atoms with Crippen molar-refractivity contribution in [3.8, 4) is 0 Å². The highest BCUT2D eigenvalue weighted by Crippen LogP contribution is 2.11. The number of aliphatic carboxylic acids is 1. The molecule has 0 saturated heterocycles. The number of hydrogen-bond acceptors (Lipinski definition) is 2. The number of carboxylic acid groups (broad SMARTS) is 1. The van der Waals surface area contributed by atoms with E-state index in [1.54, 1.807) is 4.68 Å². The van der Waals surface area contributed by atoms with Gasteiger partial charge in [0.25, 0.3) is 0 Å². The van der Waals surface area contributed by atoms with Crippen LogP contribution in [0.5, 0.6) is 0 Å². The largest absolute Gasteiger partial charge is 0.481 e. The van der Waals surface area contributed by atoms with Crippen LogP contribution >= 0.6 is 0 Å². The van der Waals surface area contributed by atoms with E-state index in [2.05, 4.69) is 5.10 Å². The smallest absolute Gasteiger partial charge is 0.307 e. The average molecular weight is 168 g/mol. The van der Waals surface area contributed by atoms with Crippen molar-refractivity contribution in [2.45, 2.75) is 20.3 Å². The first-order valence-corrected chi connectivity index (χ1v) is 3.73. The quantitative estimate of drug-likeness (QED) is 0.705. The monoisotopic (exact) mass is 168 g/mol. The van der Waals surface area contributed by atoms with Crippen molar-refractivity contribution in [3.05, 3.63) is 17.0 Å². The van der Waals surface area contributed by atoms with Crippen LogP contribution in [-0.4, -0.2) is 20.9 Å². The lowest BCUT2D eigenvalue weighted by atomic mass is 10.1. The highest BCUT2D eigenvalue weighted by molar-refractivity contribution is 5.70. The lowest BCUT2D eigenvalue weighted by Crippen LogP contribution is -2.02. The predicted molar refractivity (Wildman–Crippen MR) is 44.0 cm³/mol. The molecule has 0 amide bonds. The highest BCUT2D eigenvalue weighted by atomic mass is 16.4. The lowest BCUT2D eigenvalue weighted by molar-refractivity contribution is -0.136. The zero-order valence-corrected chi connectivity index (χ0v) is 7.46. The third-order valence-corrected chi connectivity index (χ3v) is 1.99. The van der Waals surface area contributed by atoms with E-state index < -0.39 is 5.97 Å². The third kappa shape index (κ3) is 1.47. The van der Waals surface area contributed by atoms with E-state index in [-0.39, 0.29) is 6.42 Å². The lowest BCUT2D eigenvalue weighted by Gasteiger charge is -1.96. The summed E-state index contributed by atoms with van der Waals surface area (Å²) >= 11 is 0. The van der Waals surface area contributed by atoms with Crippen molar-refractivity contribution in [1.29, 1.82) is 0 Å². The molecule has 1 N–H and O–H groups in total. The fraction of sp³-hybridized carbons (Fsp3) is 0.500. The molecular formula is C8H12N2O2. The van der Waals surface area contributed by atoms with Gasteiger partial charge in [-0.25, -0.2) is 0 Å². The van der Waals surface area contributed by atoms with Crippen LogP contribution < -0.4 is 0 Å². The van der Waals surface area contributed by atoms with Crippen LogP contribution in [0.1, 0.15) is 17.0 Å². The Hall–Kier alpha value is -1.32. The van der Waals surface area contributed by atoms with Gasteiger partial charge in [0.15, 0.2) is 0 Å². The Balaban J connectivity index is 3.05. The van der Waals surface area contributed by atoms with E-state index in [0.29, 0.717) is 0 Å². The number of aromatic nitrogens is 2. The maximum Gasteiger partial charge on any atom is 0.307 e. The molecule has 0 aliphatic rings. The van der Waals surface area contributed by atoms with Gasteiger partial charge in [-0.3, -0.25) is 9.48 Å². The molecule has 0 saturated carbocycles. The zero-order chi connectivity index (χ0) is 9.30. The molecule has 1 aromatic rings. The first-order chi connectivity index (χ1) is 5.52. The van der Waals surface area contributed by atoms with E-state index in [1.165, 1.54) is 0 Å². The van der Waals surface area contributed by atoms with Crippen molar-refractivity contribution in [2.24, 2.45) is 7.05 Å². The van der Waals surface area contributed by atoms with Crippen LogP contribution in [0.15, 0.2) is 0 Å². The number of carboxylic acids is 1. The summed E-state index contributed by atoms with van der Waals surface area (Å²) in [5, 5.41) is 12.7. The maximum atomic E-state index is 10.4. The minimum Gasteiger partial charge on any atom is -0.481 e. The molecule has 66 valence electrons. The van der Waals surface area contributed by atoms with E-state index in [9.17, 15) is 4.79 Å². The standard InChI is InChI=1S/C8H12N2O2/c1-5-7(4-8(11)12)6(2)10(3)9-5/h4H2,1-3H3,(H,11,12). The third-order valence-electron chi connectivity index (χ3n) is 1.99. The van der Waals surface area contributed by atoms with Gasteiger partial charge >= 0.3 is 5.97 Å². The van der Waals surface area contributed by atoms with Gasteiger partial charge in [0.2, 0.25) is 0 Å². The van der Waals surface area contributed by atoms with Crippen LogP contribution in [0.2, 0.25) is 0 Å². The molecule has 0 aromatic carbocycles. The first kappa shape index (κ1) is 8.77. The minimum atomic E-state index is -0.811. The molecule has 12 heavy (non-hydrogen) atoms.